The Kier molecular flexibility index (Phi) is 22.3. The van der Waals surface area contributed by atoms with Crippen molar-refractivity contribution in [3.05, 3.63) is 35.9 Å². The van der Waals surface area contributed by atoms with Gasteiger partial charge in [-0.2, -0.15) is 0 Å². The Balaban J connectivity index is 1.88. The van der Waals surface area contributed by atoms with Crippen LogP contribution in [0.25, 0.3) is 0 Å². The van der Waals surface area contributed by atoms with Gasteiger partial charge in [0.1, 0.15) is 30.2 Å². The van der Waals surface area contributed by atoms with E-state index in [0.29, 0.717) is 18.8 Å². The van der Waals surface area contributed by atoms with E-state index < -0.39 is 121 Å². The van der Waals surface area contributed by atoms with Crippen LogP contribution in [0.1, 0.15) is 125 Å². The third-order valence-electron chi connectivity index (χ3n) is 12.2. The van der Waals surface area contributed by atoms with Crippen LogP contribution in [0.4, 0.5) is 4.79 Å². The summed E-state index contributed by atoms with van der Waals surface area (Å²) < 4.78 is 6.24. The summed E-state index contributed by atoms with van der Waals surface area (Å²) in [4.78, 5) is 120. The Hall–Kier alpha value is -5.79. The first-order valence-electron chi connectivity index (χ1n) is 23.2. The number of carboxylic acids is 2. The van der Waals surface area contributed by atoms with E-state index in [2.05, 4.69) is 32.0 Å². The number of aliphatic carboxylic acids is 2. The van der Waals surface area contributed by atoms with Crippen LogP contribution in [0.3, 0.4) is 0 Å². The van der Waals surface area contributed by atoms with Gasteiger partial charge in [0, 0.05) is 38.9 Å². The van der Waals surface area contributed by atoms with E-state index in [0.717, 1.165) is 44.6 Å². The lowest BCUT2D eigenvalue weighted by Crippen LogP contribution is -2.62. The number of urea groups is 1. The maximum atomic E-state index is 14.7. The van der Waals surface area contributed by atoms with Crippen LogP contribution < -0.4 is 32.0 Å². The van der Waals surface area contributed by atoms with Gasteiger partial charge in [-0.05, 0) is 55.9 Å². The topological polar surface area (TPSA) is 282 Å². The number of carbonyl (C=O) groups is 9. The molecule has 1 aliphatic carbocycles. The van der Waals surface area contributed by atoms with E-state index in [1.54, 1.807) is 27.7 Å². The maximum absolute atomic E-state index is 14.7. The molecule has 8 atom stereocenters. The second-order valence-corrected chi connectivity index (χ2v) is 17.9. The first kappa shape index (κ1) is 54.5. The lowest BCUT2D eigenvalue weighted by atomic mass is 9.85. The molecule has 66 heavy (non-hydrogen) atoms. The summed E-state index contributed by atoms with van der Waals surface area (Å²) in [6, 6.07) is 1.99. The fraction of sp³-hybridized carbons (Fsp3) is 0.674. The standard InChI is InChI=1S/C46H72N8O12/c1-8-22-54(46(65)47-29(6)32-18-14-11-15-19-32)52-43(62)36-23-33(66-26-31-16-12-10-13-17-31)25-53(36)45(64)39(27(3)4)50-44(63)40(28(5)9-2)51-41(60)34(20-21-37(56)57)49-42(61)35(24-38(58)59)48-30(7)55/h10,12-13,16-17,27-29,32-36,39-40H,8-9,11,14-15,18-26H2,1-7H3,(H,47,65)(H,48,55)(H,49,61)(H,50,63)(H,51,60)(H,52,62)(H,56,57)(H,58,59)/t28-,29-,33+,34+,35-,36-,39-,40-/m0/s1. The Morgan fingerprint density at radius 2 is 1.42 bits per heavy atom. The number of hydrogen-bond acceptors (Lipinski definition) is 10. The van der Waals surface area contributed by atoms with E-state index in [-0.39, 0.29) is 32.2 Å². The third kappa shape index (κ3) is 17.2. The smallest absolute Gasteiger partial charge is 0.336 e. The number of nitrogens with one attached hydrogen (secondary N) is 6. The van der Waals surface area contributed by atoms with Crippen LogP contribution >= 0.6 is 0 Å². The van der Waals surface area contributed by atoms with Gasteiger partial charge >= 0.3 is 18.0 Å². The molecule has 1 aromatic rings. The molecule has 2 aliphatic rings. The summed E-state index contributed by atoms with van der Waals surface area (Å²) >= 11 is 0. The fourth-order valence-electron chi connectivity index (χ4n) is 8.19. The van der Waals surface area contributed by atoms with E-state index in [4.69, 9.17) is 4.74 Å². The molecule has 3 rings (SSSR count). The van der Waals surface area contributed by atoms with Gasteiger partial charge in [0.25, 0.3) is 5.91 Å². The van der Waals surface area contributed by atoms with Crippen molar-refractivity contribution >= 4 is 53.4 Å². The molecule has 20 nitrogen and oxygen atoms in total. The molecule has 0 spiro atoms. The Labute approximate surface area is 387 Å². The highest BCUT2D eigenvalue weighted by Gasteiger charge is 2.45. The average Bonchev–Trinajstić information content (AvgIpc) is 3.71. The van der Waals surface area contributed by atoms with Crippen LogP contribution in [-0.2, 0) is 49.7 Å². The van der Waals surface area contributed by atoms with Gasteiger partial charge in [-0.1, -0.05) is 90.6 Å². The van der Waals surface area contributed by atoms with E-state index >= 15 is 0 Å². The van der Waals surface area contributed by atoms with E-state index in [9.17, 15) is 53.4 Å². The van der Waals surface area contributed by atoms with Crippen molar-refractivity contribution in [1.82, 2.24) is 41.9 Å². The zero-order valence-corrected chi connectivity index (χ0v) is 39.4. The highest BCUT2D eigenvalue weighted by molar-refractivity contribution is 5.97. The van der Waals surface area contributed by atoms with Gasteiger partial charge in [-0.3, -0.25) is 43.8 Å². The van der Waals surface area contributed by atoms with Crippen molar-refractivity contribution in [1.29, 1.82) is 0 Å². The van der Waals surface area contributed by atoms with Crippen LogP contribution in [0, 0.1) is 17.8 Å². The van der Waals surface area contributed by atoms with Crippen molar-refractivity contribution in [2.45, 2.75) is 168 Å². The summed E-state index contributed by atoms with van der Waals surface area (Å²) in [7, 11) is 0. The molecule has 1 aromatic carbocycles. The highest BCUT2D eigenvalue weighted by Crippen LogP contribution is 2.27. The fourth-order valence-corrected chi connectivity index (χ4v) is 8.19. The number of rotatable bonds is 24. The molecule has 1 saturated carbocycles. The van der Waals surface area contributed by atoms with Crippen molar-refractivity contribution in [2.24, 2.45) is 17.8 Å². The van der Waals surface area contributed by atoms with Crippen molar-refractivity contribution in [2.75, 3.05) is 13.1 Å². The molecular formula is C46H72N8O12. The number of hydrazine groups is 1. The average molecular weight is 929 g/mol. The van der Waals surface area contributed by atoms with Gasteiger partial charge in [0.15, 0.2) is 0 Å². The Bertz CT molecular complexity index is 1810. The summed E-state index contributed by atoms with van der Waals surface area (Å²) in [5, 5.41) is 32.9. The van der Waals surface area contributed by atoms with Gasteiger partial charge < -0.3 is 46.4 Å². The number of carboxylic acid groups (broad SMARTS) is 2. The molecular weight excluding hydrogens is 857 g/mol. The zero-order chi connectivity index (χ0) is 49.1. The molecule has 1 saturated heterocycles. The summed E-state index contributed by atoms with van der Waals surface area (Å²) in [6.45, 7) is 12.1. The van der Waals surface area contributed by atoms with Crippen molar-refractivity contribution in [3.8, 4) is 0 Å². The minimum atomic E-state index is -1.59. The lowest BCUT2D eigenvalue weighted by molar-refractivity contribution is -0.144. The first-order valence-corrected chi connectivity index (χ1v) is 23.2. The molecule has 0 unspecified atom stereocenters. The molecule has 1 heterocycles. The summed E-state index contributed by atoms with van der Waals surface area (Å²) in [5.41, 5.74) is 3.65. The van der Waals surface area contributed by atoms with E-state index in [1.165, 1.54) is 9.91 Å². The first-order chi connectivity index (χ1) is 31.2. The Morgan fingerprint density at radius 3 is 2.00 bits per heavy atom. The molecule has 8 N–H and O–H groups in total. The second kappa shape index (κ2) is 27.0. The summed E-state index contributed by atoms with van der Waals surface area (Å²) in [5.74, 6) is -8.24. The molecule has 8 amide bonds. The quantitative estimate of drug-likeness (QED) is 0.0695. The van der Waals surface area contributed by atoms with Crippen molar-refractivity contribution in [3.63, 3.8) is 0 Å². The van der Waals surface area contributed by atoms with Crippen LogP contribution in [-0.4, -0.2) is 129 Å². The highest BCUT2D eigenvalue weighted by atomic mass is 16.5. The monoisotopic (exact) mass is 929 g/mol. The minimum Gasteiger partial charge on any atom is -0.481 e. The summed E-state index contributed by atoms with van der Waals surface area (Å²) in [6.07, 6.45) is 3.88. The lowest BCUT2D eigenvalue weighted by Gasteiger charge is -2.34. The molecule has 0 radical (unpaired) electrons. The zero-order valence-electron chi connectivity index (χ0n) is 39.4. The number of amides is 8. The molecule has 1 aliphatic heterocycles. The van der Waals surface area contributed by atoms with Crippen LogP contribution in [0.15, 0.2) is 30.3 Å². The minimum absolute atomic E-state index is 0.0145. The van der Waals surface area contributed by atoms with Crippen LogP contribution in [0.5, 0.6) is 0 Å². The molecule has 2 fully saturated rings. The number of ether oxygens (including phenoxy) is 1. The number of benzene rings is 1. The number of carbonyl (C=O) groups excluding carboxylic acids is 7. The number of likely N-dealkylation sites (tertiary alicyclic amines) is 1. The Morgan fingerprint density at radius 1 is 0.788 bits per heavy atom. The van der Waals surface area contributed by atoms with E-state index in [1.807, 2.05) is 44.2 Å². The molecule has 0 aromatic heterocycles. The third-order valence-corrected chi connectivity index (χ3v) is 12.2. The molecule has 20 heteroatoms. The number of hydrogen-bond donors (Lipinski definition) is 8. The maximum Gasteiger partial charge on any atom is 0.336 e. The van der Waals surface area contributed by atoms with Gasteiger partial charge in [-0.15, -0.1) is 0 Å². The van der Waals surface area contributed by atoms with Crippen LogP contribution in [0.2, 0.25) is 0 Å². The van der Waals surface area contributed by atoms with Crippen molar-refractivity contribution < 1.29 is 58.1 Å². The molecule has 368 valence electrons. The SMILES string of the molecule is CCCN(NC(=O)[C@@H]1C[C@@H](OCc2ccccc2)CN1C(=O)[C@@H](NC(=O)[C@@H](NC(=O)[C@@H](CCC(=O)O)NC(=O)[C@H](CC(=O)O)NC(C)=O)[C@@H](C)CC)C(C)C)C(=O)N[C@@H](C)C1CCCCC1. The largest absolute Gasteiger partial charge is 0.481 e. The predicted octanol–water partition coefficient (Wildman–Crippen LogP) is 2.60. The normalized spacial score (nSPS) is 18.9. The predicted molar refractivity (Wildman–Crippen MR) is 242 cm³/mol. The van der Waals surface area contributed by atoms with Gasteiger partial charge in [-0.25, -0.2) is 9.80 Å². The second-order valence-electron chi connectivity index (χ2n) is 17.9. The van der Waals surface area contributed by atoms with Gasteiger partial charge in [0.05, 0.1) is 19.1 Å². The van der Waals surface area contributed by atoms with Gasteiger partial charge in [0.2, 0.25) is 29.5 Å². The number of nitrogens with zero attached hydrogens (tertiary/aromatic N) is 2. The molecule has 0 bridgehead atoms.